The molecule has 1 saturated heterocycles. The van der Waals surface area contributed by atoms with Gasteiger partial charge in [-0.25, -0.2) is 0 Å². The normalized spacial score (nSPS) is 20.1. The van der Waals surface area contributed by atoms with Crippen molar-refractivity contribution in [2.24, 2.45) is 0 Å². The van der Waals surface area contributed by atoms with Gasteiger partial charge in [-0.05, 0) is 34.9 Å². The topological polar surface area (TPSA) is 30.9 Å². The highest BCUT2D eigenvalue weighted by atomic mass is 16.5. The molecule has 2 aliphatic heterocycles. The summed E-state index contributed by atoms with van der Waals surface area (Å²) in [5.74, 6) is 1.96. The predicted octanol–water partition coefficient (Wildman–Crippen LogP) is 3.07. The summed E-state index contributed by atoms with van der Waals surface area (Å²) in [7, 11) is 1.71. The molecular weight excluding hydrogens is 314 g/mol. The lowest BCUT2D eigenvalue weighted by atomic mass is 10.0. The van der Waals surface area contributed by atoms with E-state index in [0.29, 0.717) is 0 Å². The Morgan fingerprint density at radius 3 is 3.00 bits per heavy atom. The van der Waals surface area contributed by atoms with Gasteiger partial charge in [0.2, 0.25) is 0 Å². The molecule has 0 N–H and O–H groups in total. The first-order chi connectivity index (χ1) is 12.3. The summed E-state index contributed by atoms with van der Waals surface area (Å²) in [6.07, 6.45) is 2.19. The van der Waals surface area contributed by atoms with E-state index in [0.717, 1.165) is 57.2 Å². The molecule has 0 bridgehead atoms. The zero-order valence-corrected chi connectivity index (χ0v) is 14.7. The number of ether oxygens (including phenoxy) is 3. The Labute approximate surface area is 149 Å². The molecule has 2 heterocycles. The second-order valence-corrected chi connectivity index (χ2v) is 6.82. The minimum Gasteiger partial charge on any atom is -0.497 e. The molecule has 0 amide bonds. The van der Waals surface area contributed by atoms with E-state index in [9.17, 15) is 0 Å². The standard InChI is InChI=1S/C21H25NO3/c1-23-19-4-2-3-16(12-19)13-20-15-22(8-10-24-20)14-17-5-6-21-18(11-17)7-9-25-21/h2-6,11-12,20H,7-10,13-15H2,1H3/t20-/m0/s1. The van der Waals surface area contributed by atoms with Gasteiger partial charge in [0.1, 0.15) is 11.5 Å². The second-order valence-electron chi connectivity index (χ2n) is 6.82. The number of hydrogen-bond acceptors (Lipinski definition) is 4. The molecule has 2 aromatic rings. The van der Waals surface area contributed by atoms with Crippen LogP contribution in [-0.4, -0.2) is 44.4 Å². The number of nitrogens with zero attached hydrogens (tertiary/aromatic N) is 1. The highest BCUT2D eigenvalue weighted by molar-refractivity contribution is 5.39. The third-order valence-electron chi connectivity index (χ3n) is 4.98. The van der Waals surface area contributed by atoms with Crippen LogP contribution in [0.1, 0.15) is 16.7 Å². The average Bonchev–Trinajstić information content (AvgIpc) is 3.10. The Kier molecular flexibility index (Phi) is 4.90. The minimum absolute atomic E-state index is 0.235. The summed E-state index contributed by atoms with van der Waals surface area (Å²) in [6.45, 7) is 4.54. The highest BCUT2D eigenvalue weighted by Gasteiger charge is 2.21. The second kappa shape index (κ2) is 7.46. The first-order valence-electron chi connectivity index (χ1n) is 9.01. The van der Waals surface area contributed by atoms with Crippen LogP contribution in [0.15, 0.2) is 42.5 Å². The molecule has 4 rings (SSSR count). The molecule has 0 saturated carbocycles. The van der Waals surface area contributed by atoms with Crippen molar-refractivity contribution < 1.29 is 14.2 Å². The monoisotopic (exact) mass is 339 g/mol. The molecule has 2 aliphatic rings. The van der Waals surface area contributed by atoms with Crippen LogP contribution in [-0.2, 0) is 24.1 Å². The number of benzene rings is 2. The molecule has 2 aromatic carbocycles. The van der Waals surface area contributed by atoms with E-state index in [1.807, 2.05) is 12.1 Å². The van der Waals surface area contributed by atoms with Gasteiger partial charge in [0.15, 0.2) is 0 Å². The van der Waals surface area contributed by atoms with Crippen LogP contribution in [0.2, 0.25) is 0 Å². The Bertz CT molecular complexity index is 731. The Morgan fingerprint density at radius 1 is 1.12 bits per heavy atom. The van der Waals surface area contributed by atoms with Crippen molar-refractivity contribution in [3.05, 3.63) is 59.2 Å². The number of rotatable bonds is 5. The van der Waals surface area contributed by atoms with Crippen LogP contribution >= 0.6 is 0 Å². The number of methoxy groups -OCH3 is 1. The van der Waals surface area contributed by atoms with Gasteiger partial charge in [-0.3, -0.25) is 4.90 Å². The molecule has 25 heavy (non-hydrogen) atoms. The molecule has 0 aromatic heterocycles. The maximum atomic E-state index is 5.99. The van der Waals surface area contributed by atoms with E-state index >= 15 is 0 Å². The van der Waals surface area contributed by atoms with Crippen molar-refractivity contribution in [1.82, 2.24) is 4.90 Å². The Balaban J connectivity index is 1.37. The van der Waals surface area contributed by atoms with Crippen LogP contribution in [0.5, 0.6) is 11.5 Å². The zero-order chi connectivity index (χ0) is 17.1. The highest BCUT2D eigenvalue weighted by Crippen LogP contribution is 2.26. The molecule has 4 heteroatoms. The van der Waals surface area contributed by atoms with Crippen molar-refractivity contribution in [2.45, 2.75) is 25.5 Å². The molecular formula is C21H25NO3. The molecule has 0 unspecified atom stereocenters. The van der Waals surface area contributed by atoms with Gasteiger partial charge in [-0.1, -0.05) is 24.3 Å². The van der Waals surface area contributed by atoms with Gasteiger partial charge in [-0.2, -0.15) is 0 Å². The van der Waals surface area contributed by atoms with Gasteiger partial charge < -0.3 is 14.2 Å². The summed E-state index contributed by atoms with van der Waals surface area (Å²) in [5, 5.41) is 0. The van der Waals surface area contributed by atoms with E-state index in [2.05, 4.69) is 35.2 Å². The molecule has 4 nitrogen and oxygen atoms in total. The van der Waals surface area contributed by atoms with E-state index in [1.54, 1.807) is 7.11 Å². The van der Waals surface area contributed by atoms with Crippen LogP contribution < -0.4 is 9.47 Å². The quantitative estimate of drug-likeness (QED) is 0.838. The van der Waals surface area contributed by atoms with Gasteiger partial charge in [0, 0.05) is 32.5 Å². The number of morpholine rings is 1. The summed E-state index contributed by atoms with van der Waals surface area (Å²) >= 11 is 0. The summed E-state index contributed by atoms with van der Waals surface area (Å²) < 4.78 is 16.9. The summed E-state index contributed by atoms with van der Waals surface area (Å²) in [4.78, 5) is 2.49. The lowest BCUT2D eigenvalue weighted by molar-refractivity contribution is -0.0305. The average molecular weight is 339 g/mol. The lowest BCUT2D eigenvalue weighted by Gasteiger charge is -2.33. The largest absolute Gasteiger partial charge is 0.497 e. The first-order valence-corrected chi connectivity index (χ1v) is 9.01. The predicted molar refractivity (Wildman–Crippen MR) is 97.4 cm³/mol. The van der Waals surface area contributed by atoms with Crippen LogP contribution in [0, 0.1) is 0 Å². The smallest absolute Gasteiger partial charge is 0.122 e. The van der Waals surface area contributed by atoms with E-state index < -0.39 is 0 Å². The van der Waals surface area contributed by atoms with E-state index in [-0.39, 0.29) is 6.10 Å². The minimum atomic E-state index is 0.235. The van der Waals surface area contributed by atoms with Crippen molar-refractivity contribution >= 4 is 0 Å². The number of hydrogen-bond donors (Lipinski definition) is 0. The third-order valence-corrected chi connectivity index (χ3v) is 4.98. The fraction of sp³-hybridized carbons (Fsp3) is 0.429. The van der Waals surface area contributed by atoms with Gasteiger partial charge in [0.25, 0.3) is 0 Å². The Hall–Kier alpha value is -2.04. The van der Waals surface area contributed by atoms with E-state index in [1.165, 1.54) is 16.7 Å². The molecule has 1 fully saturated rings. The third kappa shape index (κ3) is 3.97. The fourth-order valence-electron chi connectivity index (χ4n) is 3.71. The van der Waals surface area contributed by atoms with Crippen molar-refractivity contribution in [3.63, 3.8) is 0 Å². The summed E-state index contributed by atoms with van der Waals surface area (Å²) in [6, 6.07) is 14.9. The maximum absolute atomic E-state index is 5.99. The maximum Gasteiger partial charge on any atom is 0.122 e. The van der Waals surface area contributed by atoms with E-state index in [4.69, 9.17) is 14.2 Å². The zero-order valence-electron chi connectivity index (χ0n) is 14.7. The molecule has 0 aliphatic carbocycles. The molecule has 0 radical (unpaired) electrons. The van der Waals surface area contributed by atoms with Crippen LogP contribution in [0.3, 0.4) is 0 Å². The van der Waals surface area contributed by atoms with Gasteiger partial charge >= 0.3 is 0 Å². The molecule has 132 valence electrons. The number of fused-ring (bicyclic) bond motifs is 1. The lowest BCUT2D eigenvalue weighted by Crippen LogP contribution is -2.42. The molecule has 0 spiro atoms. The van der Waals surface area contributed by atoms with Crippen LogP contribution in [0.25, 0.3) is 0 Å². The summed E-state index contributed by atoms with van der Waals surface area (Å²) in [5.41, 5.74) is 3.98. The Morgan fingerprint density at radius 2 is 2.08 bits per heavy atom. The van der Waals surface area contributed by atoms with Crippen molar-refractivity contribution in [3.8, 4) is 11.5 Å². The SMILES string of the molecule is COc1cccc(C[C@H]2CN(Cc3ccc4c(c3)CCO4)CCO2)c1. The van der Waals surface area contributed by atoms with Gasteiger partial charge in [-0.15, -0.1) is 0 Å². The molecule has 1 atom stereocenters. The first kappa shape index (κ1) is 16.4. The van der Waals surface area contributed by atoms with Crippen molar-refractivity contribution in [2.75, 3.05) is 33.4 Å². The van der Waals surface area contributed by atoms with Crippen molar-refractivity contribution in [1.29, 1.82) is 0 Å². The fourth-order valence-corrected chi connectivity index (χ4v) is 3.71. The van der Waals surface area contributed by atoms with Gasteiger partial charge in [0.05, 0.1) is 26.4 Å². The van der Waals surface area contributed by atoms with Crippen LogP contribution in [0.4, 0.5) is 0 Å².